The Bertz CT molecular complexity index is 653. The van der Waals surface area contributed by atoms with Crippen molar-refractivity contribution < 1.29 is 14.2 Å². The average molecular weight is 309 g/mol. The lowest BCUT2D eigenvalue weighted by Crippen LogP contribution is -1.95. The molecule has 0 saturated heterocycles. The van der Waals surface area contributed by atoms with Crippen molar-refractivity contribution in [2.24, 2.45) is 0 Å². The van der Waals surface area contributed by atoms with Crippen LogP contribution in [0, 0.1) is 12.7 Å². The second-order valence-electron chi connectivity index (χ2n) is 5.35. The minimum absolute atomic E-state index is 0.231. The van der Waals surface area contributed by atoms with E-state index in [-0.39, 0.29) is 12.5 Å². The van der Waals surface area contributed by atoms with Gasteiger partial charge in [-0.1, -0.05) is 25.4 Å². The molecule has 2 rings (SSSR count). The largest absolute Gasteiger partial charge is 0.457 e. The molecule has 0 heterocycles. The number of aliphatic hydroxyl groups is 1. The van der Waals surface area contributed by atoms with Gasteiger partial charge in [0.25, 0.3) is 0 Å². The van der Waals surface area contributed by atoms with Crippen LogP contribution in [0.5, 0.6) is 11.5 Å². The predicted octanol–water partition coefficient (Wildman–Crippen LogP) is 5.20. The van der Waals surface area contributed by atoms with Crippen molar-refractivity contribution in [3.63, 3.8) is 0 Å². The van der Waals surface area contributed by atoms with E-state index in [2.05, 4.69) is 0 Å². The predicted molar refractivity (Wildman–Crippen MR) is 82.7 cm³/mol. The maximum Gasteiger partial charge on any atom is 0.130 e. The van der Waals surface area contributed by atoms with Gasteiger partial charge in [0.15, 0.2) is 0 Å². The van der Waals surface area contributed by atoms with Crippen LogP contribution < -0.4 is 4.74 Å². The first kappa shape index (κ1) is 15.8. The Balaban J connectivity index is 2.39. The zero-order valence-electron chi connectivity index (χ0n) is 12.3. The summed E-state index contributed by atoms with van der Waals surface area (Å²) < 4.78 is 19.2. The van der Waals surface area contributed by atoms with Gasteiger partial charge < -0.3 is 9.84 Å². The van der Waals surface area contributed by atoms with Gasteiger partial charge in [-0.15, -0.1) is 0 Å². The molecule has 0 radical (unpaired) electrons. The van der Waals surface area contributed by atoms with E-state index < -0.39 is 5.82 Å². The molecule has 2 nitrogen and oxygen atoms in total. The zero-order chi connectivity index (χ0) is 15.6. The summed E-state index contributed by atoms with van der Waals surface area (Å²) in [7, 11) is 0. The second kappa shape index (κ2) is 6.46. The lowest BCUT2D eigenvalue weighted by Gasteiger charge is -2.15. The molecule has 0 aliphatic rings. The van der Waals surface area contributed by atoms with Crippen molar-refractivity contribution >= 4 is 11.6 Å². The van der Waals surface area contributed by atoms with Gasteiger partial charge in [-0.2, -0.15) is 0 Å². The number of ether oxygens (including phenoxy) is 1. The van der Waals surface area contributed by atoms with Crippen LogP contribution >= 0.6 is 11.6 Å². The Labute approximate surface area is 129 Å². The molecular weight excluding hydrogens is 291 g/mol. The quantitative estimate of drug-likeness (QED) is 0.841. The van der Waals surface area contributed by atoms with Crippen LogP contribution in [-0.4, -0.2) is 5.11 Å². The van der Waals surface area contributed by atoms with Crippen LogP contribution in [0.2, 0.25) is 5.02 Å². The number of aryl methyl sites for hydroxylation is 1. The first-order chi connectivity index (χ1) is 9.90. The van der Waals surface area contributed by atoms with Crippen molar-refractivity contribution in [2.75, 3.05) is 0 Å². The van der Waals surface area contributed by atoms with E-state index in [0.717, 1.165) is 11.1 Å². The molecule has 4 heteroatoms. The monoisotopic (exact) mass is 308 g/mol. The van der Waals surface area contributed by atoms with Crippen LogP contribution in [0.25, 0.3) is 0 Å². The topological polar surface area (TPSA) is 29.5 Å². The van der Waals surface area contributed by atoms with E-state index in [1.54, 1.807) is 6.07 Å². The summed E-state index contributed by atoms with van der Waals surface area (Å²) >= 11 is 6.22. The molecular formula is C17H18ClFO2. The van der Waals surface area contributed by atoms with Gasteiger partial charge >= 0.3 is 0 Å². The molecule has 0 saturated carbocycles. The molecule has 0 unspecified atom stereocenters. The normalized spacial score (nSPS) is 11.0. The van der Waals surface area contributed by atoms with E-state index in [9.17, 15) is 4.39 Å². The molecule has 112 valence electrons. The fraction of sp³-hybridized carbons (Fsp3) is 0.294. The summed E-state index contributed by atoms with van der Waals surface area (Å²) in [4.78, 5) is 0. The van der Waals surface area contributed by atoms with Crippen LogP contribution in [0.15, 0.2) is 30.3 Å². The summed E-state index contributed by atoms with van der Waals surface area (Å²) in [5, 5.41) is 9.82. The summed E-state index contributed by atoms with van der Waals surface area (Å²) in [6.45, 7) is 5.75. The van der Waals surface area contributed by atoms with E-state index >= 15 is 0 Å². The van der Waals surface area contributed by atoms with Crippen LogP contribution in [0.3, 0.4) is 0 Å². The fourth-order valence-electron chi connectivity index (χ4n) is 2.12. The van der Waals surface area contributed by atoms with Crippen LogP contribution in [0.1, 0.15) is 36.5 Å². The number of benzene rings is 2. The van der Waals surface area contributed by atoms with Gasteiger partial charge in [0, 0.05) is 11.1 Å². The van der Waals surface area contributed by atoms with Crippen molar-refractivity contribution in [3.8, 4) is 11.5 Å². The summed E-state index contributed by atoms with van der Waals surface area (Å²) in [6.07, 6.45) is 0. The van der Waals surface area contributed by atoms with Crippen LogP contribution in [0.4, 0.5) is 4.39 Å². The third kappa shape index (κ3) is 3.74. The Morgan fingerprint density at radius 2 is 1.90 bits per heavy atom. The maximum atomic E-state index is 13.5. The molecule has 2 aromatic carbocycles. The molecule has 0 atom stereocenters. The third-order valence-electron chi connectivity index (χ3n) is 3.26. The number of rotatable bonds is 4. The Morgan fingerprint density at radius 1 is 1.19 bits per heavy atom. The van der Waals surface area contributed by atoms with E-state index in [1.165, 1.54) is 12.1 Å². The molecule has 0 aliphatic heterocycles. The molecule has 0 amide bonds. The van der Waals surface area contributed by atoms with Gasteiger partial charge in [0.2, 0.25) is 0 Å². The molecule has 0 spiro atoms. The number of hydrogen-bond acceptors (Lipinski definition) is 2. The summed E-state index contributed by atoms with van der Waals surface area (Å²) in [5.74, 6) is 0.824. The molecule has 1 N–H and O–H groups in total. The Hall–Kier alpha value is -1.58. The van der Waals surface area contributed by atoms with Gasteiger partial charge in [0.1, 0.15) is 17.3 Å². The van der Waals surface area contributed by atoms with Gasteiger partial charge in [0.05, 0.1) is 6.61 Å². The molecule has 2 aromatic rings. The van der Waals surface area contributed by atoms with Gasteiger partial charge in [-0.25, -0.2) is 4.39 Å². The summed E-state index contributed by atoms with van der Waals surface area (Å²) in [5.41, 5.74) is 2.33. The van der Waals surface area contributed by atoms with E-state index in [0.29, 0.717) is 22.1 Å². The van der Waals surface area contributed by atoms with Gasteiger partial charge in [-0.3, -0.25) is 0 Å². The van der Waals surface area contributed by atoms with Gasteiger partial charge in [-0.05, 0) is 53.8 Å². The third-order valence-corrected chi connectivity index (χ3v) is 3.59. The highest BCUT2D eigenvalue weighted by Crippen LogP contribution is 2.34. The molecule has 0 aliphatic carbocycles. The van der Waals surface area contributed by atoms with Crippen molar-refractivity contribution in [2.45, 2.75) is 33.3 Å². The first-order valence-electron chi connectivity index (χ1n) is 6.79. The molecule has 0 bridgehead atoms. The SMILES string of the molecule is Cc1cc(Cl)c(C(C)C)cc1Oc1cc(F)cc(CO)c1. The standard InChI is InChI=1S/C17H18ClFO2/c1-10(2)15-8-17(11(3)4-16(15)18)21-14-6-12(9-20)5-13(19)7-14/h4-8,10,20H,9H2,1-3H3. The average Bonchev–Trinajstić information content (AvgIpc) is 2.40. The van der Waals surface area contributed by atoms with Crippen molar-refractivity contribution in [1.29, 1.82) is 0 Å². The highest BCUT2D eigenvalue weighted by atomic mass is 35.5. The van der Waals surface area contributed by atoms with Crippen molar-refractivity contribution in [3.05, 3.63) is 57.9 Å². The molecule has 0 aromatic heterocycles. The molecule has 0 fully saturated rings. The number of aliphatic hydroxyl groups excluding tert-OH is 1. The highest BCUT2D eigenvalue weighted by Gasteiger charge is 2.11. The van der Waals surface area contributed by atoms with E-state index in [4.69, 9.17) is 21.4 Å². The number of halogens is 2. The lowest BCUT2D eigenvalue weighted by atomic mass is 10.0. The Kier molecular flexibility index (Phi) is 4.86. The highest BCUT2D eigenvalue weighted by molar-refractivity contribution is 6.31. The van der Waals surface area contributed by atoms with Crippen molar-refractivity contribution in [1.82, 2.24) is 0 Å². The summed E-state index contributed by atoms with van der Waals surface area (Å²) in [6, 6.07) is 7.92. The smallest absolute Gasteiger partial charge is 0.130 e. The Morgan fingerprint density at radius 3 is 2.52 bits per heavy atom. The van der Waals surface area contributed by atoms with E-state index in [1.807, 2.05) is 32.9 Å². The minimum Gasteiger partial charge on any atom is -0.457 e. The molecule has 21 heavy (non-hydrogen) atoms. The van der Waals surface area contributed by atoms with Crippen LogP contribution in [-0.2, 0) is 6.61 Å². The number of hydrogen-bond donors (Lipinski definition) is 1. The lowest BCUT2D eigenvalue weighted by molar-refractivity contribution is 0.280. The second-order valence-corrected chi connectivity index (χ2v) is 5.76. The first-order valence-corrected chi connectivity index (χ1v) is 7.16. The fourth-order valence-corrected chi connectivity index (χ4v) is 2.56. The zero-order valence-corrected chi connectivity index (χ0v) is 13.0. The minimum atomic E-state index is -0.438. The maximum absolute atomic E-state index is 13.5.